The summed E-state index contributed by atoms with van der Waals surface area (Å²) >= 11 is 1.01. The zero-order valence-electron chi connectivity index (χ0n) is 17.8. The Kier molecular flexibility index (Phi) is 6.80. The molecule has 2 atom stereocenters. The van der Waals surface area contributed by atoms with Gasteiger partial charge in [-0.3, -0.25) is 14.2 Å². The molecule has 1 saturated carbocycles. The fourth-order valence-electron chi connectivity index (χ4n) is 4.11. The van der Waals surface area contributed by atoms with Crippen molar-refractivity contribution in [2.45, 2.75) is 62.6 Å². The number of nitrogens with zero attached hydrogens (tertiary/aromatic N) is 3. The largest absolute Gasteiger partial charge is 0.406 e. The van der Waals surface area contributed by atoms with E-state index in [1.807, 2.05) is 0 Å². The van der Waals surface area contributed by atoms with Crippen molar-refractivity contribution in [2.24, 2.45) is 5.92 Å². The van der Waals surface area contributed by atoms with Gasteiger partial charge >= 0.3 is 6.18 Å². The van der Waals surface area contributed by atoms with Crippen LogP contribution >= 0.6 is 11.8 Å². The lowest BCUT2D eigenvalue weighted by Crippen LogP contribution is -2.46. The molecule has 2 aromatic rings. The third-order valence-electron chi connectivity index (χ3n) is 6.03. The van der Waals surface area contributed by atoms with E-state index in [0.717, 1.165) is 42.3 Å². The quantitative estimate of drug-likeness (QED) is 0.434. The Labute approximate surface area is 188 Å². The summed E-state index contributed by atoms with van der Waals surface area (Å²) in [6, 6.07) is 6.46. The predicted octanol–water partition coefficient (Wildman–Crippen LogP) is 3.86. The average Bonchev–Trinajstić information content (AvgIpc) is 3.48. The summed E-state index contributed by atoms with van der Waals surface area (Å²) in [5.74, 6) is -0.704. The highest BCUT2D eigenvalue weighted by molar-refractivity contribution is 7.99. The Balaban J connectivity index is 1.57. The van der Waals surface area contributed by atoms with E-state index in [4.69, 9.17) is 4.74 Å². The van der Waals surface area contributed by atoms with Crippen molar-refractivity contribution in [1.82, 2.24) is 14.5 Å². The van der Waals surface area contributed by atoms with Crippen LogP contribution in [-0.2, 0) is 16.1 Å². The van der Waals surface area contributed by atoms with Gasteiger partial charge in [0.25, 0.3) is 5.56 Å². The van der Waals surface area contributed by atoms with Crippen LogP contribution in [0.25, 0.3) is 10.9 Å². The minimum atomic E-state index is -4.47. The van der Waals surface area contributed by atoms with E-state index in [1.165, 1.54) is 4.57 Å². The highest BCUT2D eigenvalue weighted by Gasteiger charge is 2.40. The first-order valence-electron chi connectivity index (χ1n) is 10.8. The number of hydrogen-bond donors (Lipinski definition) is 0. The van der Waals surface area contributed by atoms with Crippen molar-refractivity contribution in [2.75, 3.05) is 18.9 Å². The molecule has 0 unspecified atom stereocenters. The first-order valence-corrected chi connectivity index (χ1v) is 11.8. The Hall–Kier alpha value is -2.07. The molecule has 174 valence electrons. The van der Waals surface area contributed by atoms with Crippen LogP contribution in [0.2, 0.25) is 0 Å². The lowest BCUT2D eigenvalue weighted by molar-refractivity contribution is -0.164. The van der Waals surface area contributed by atoms with Gasteiger partial charge in [-0.15, -0.1) is 0 Å². The number of alkyl halides is 3. The van der Waals surface area contributed by atoms with Crippen LogP contribution in [0.4, 0.5) is 13.2 Å². The van der Waals surface area contributed by atoms with Crippen LogP contribution in [0, 0.1) is 5.92 Å². The molecule has 1 aromatic heterocycles. The molecule has 2 heterocycles. The van der Waals surface area contributed by atoms with Gasteiger partial charge in [-0.05, 0) is 50.7 Å². The molecule has 1 amide bonds. The number of para-hydroxylation sites is 1. The van der Waals surface area contributed by atoms with Crippen molar-refractivity contribution in [3.63, 3.8) is 0 Å². The monoisotopic (exact) mass is 469 g/mol. The van der Waals surface area contributed by atoms with Crippen molar-refractivity contribution in [3.8, 4) is 0 Å². The van der Waals surface area contributed by atoms with Crippen LogP contribution in [0.15, 0.2) is 34.2 Å². The number of carbonyl (C=O) groups is 1. The third kappa shape index (κ3) is 5.46. The van der Waals surface area contributed by atoms with E-state index in [-0.39, 0.29) is 23.3 Å². The smallest absolute Gasteiger partial charge is 0.376 e. The lowest BCUT2D eigenvalue weighted by Gasteiger charge is -2.30. The topological polar surface area (TPSA) is 64.4 Å². The number of rotatable bonds is 8. The van der Waals surface area contributed by atoms with E-state index >= 15 is 0 Å². The minimum Gasteiger partial charge on any atom is -0.376 e. The van der Waals surface area contributed by atoms with E-state index < -0.39 is 24.7 Å². The van der Waals surface area contributed by atoms with Crippen molar-refractivity contribution < 1.29 is 22.7 Å². The summed E-state index contributed by atoms with van der Waals surface area (Å²) < 4.78 is 46.5. The zero-order valence-corrected chi connectivity index (χ0v) is 18.6. The molecule has 10 heteroatoms. The van der Waals surface area contributed by atoms with Crippen LogP contribution in [0.5, 0.6) is 0 Å². The van der Waals surface area contributed by atoms with E-state index in [0.29, 0.717) is 29.2 Å². The molecule has 1 saturated heterocycles. The summed E-state index contributed by atoms with van der Waals surface area (Å²) in [7, 11) is 0. The van der Waals surface area contributed by atoms with Crippen molar-refractivity contribution >= 4 is 28.6 Å². The Bertz CT molecular complexity index is 1030. The SMILES string of the molecule is C[C@H](C1CC1)N(CC(F)(F)F)C(=O)CSc1nc2ccccc2c(=O)n1C[C@H]1CCCO1. The second-order valence-electron chi connectivity index (χ2n) is 8.47. The second kappa shape index (κ2) is 9.43. The zero-order chi connectivity index (χ0) is 22.9. The maximum absolute atomic E-state index is 13.1. The van der Waals surface area contributed by atoms with E-state index in [9.17, 15) is 22.8 Å². The van der Waals surface area contributed by atoms with Crippen LogP contribution in [0.1, 0.15) is 32.6 Å². The molecule has 2 aliphatic rings. The molecular weight excluding hydrogens is 443 g/mol. The normalized spacial score (nSPS) is 19.9. The second-order valence-corrected chi connectivity index (χ2v) is 9.41. The summed E-state index contributed by atoms with van der Waals surface area (Å²) in [4.78, 5) is 31.4. The summed E-state index contributed by atoms with van der Waals surface area (Å²) in [5.41, 5.74) is 0.258. The minimum absolute atomic E-state index is 0.114. The number of ether oxygens (including phenoxy) is 1. The first kappa shape index (κ1) is 23.1. The van der Waals surface area contributed by atoms with Crippen LogP contribution in [-0.4, -0.2) is 57.6 Å². The Morgan fingerprint density at radius 2 is 2.06 bits per heavy atom. The van der Waals surface area contributed by atoms with Gasteiger partial charge in [-0.1, -0.05) is 23.9 Å². The number of amides is 1. The maximum atomic E-state index is 13.1. The first-order chi connectivity index (χ1) is 15.2. The van der Waals surface area contributed by atoms with Gasteiger partial charge in [0.1, 0.15) is 6.54 Å². The number of hydrogen-bond acceptors (Lipinski definition) is 5. The molecular formula is C22H26F3N3O3S. The van der Waals surface area contributed by atoms with Crippen molar-refractivity contribution in [3.05, 3.63) is 34.6 Å². The molecule has 0 bridgehead atoms. The molecule has 1 aliphatic heterocycles. The number of fused-ring (bicyclic) bond motifs is 1. The van der Waals surface area contributed by atoms with Gasteiger partial charge in [-0.2, -0.15) is 13.2 Å². The van der Waals surface area contributed by atoms with Gasteiger partial charge in [0.05, 0.1) is 29.3 Å². The van der Waals surface area contributed by atoms with Gasteiger partial charge in [0.2, 0.25) is 5.91 Å². The molecule has 4 rings (SSSR count). The summed E-state index contributed by atoms with van der Waals surface area (Å²) in [5, 5.41) is 0.783. The Morgan fingerprint density at radius 1 is 1.31 bits per heavy atom. The molecule has 1 aliphatic carbocycles. The van der Waals surface area contributed by atoms with E-state index in [1.54, 1.807) is 31.2 Å². The number of thioether (sulfide) groups is 1. The standard InChI is InChI=1S/C22H26F3N3O3S/c1-14(15-8-9-15)28(13-22(23,24)25)19(29)12-32-21-26-18-7-3-2-6-17(18)20(30)27(21)11-16-5-4-10-31-16/h2-3,6-7,14-16H,4-5,8-13H2,1H3/t14-,16-/m1/s1. The van der Waals surface area contributed by atoms with Crippen LogP contribution in [0.3, 0.4) is 0 Å². The molecule has 1 aromatic carbocycles. The fourth-order valence-corrected chi connectivity index (χ4v) is 5.00. The molecule has 0 radical (unpaired) electrons. The molecule has 32 heavy (non-hydrogen) atoms. The van der Waals surface area contributed by atoms with Gasteiger partial charge in [0, 0.05) is 12.6 Å². The van der Waals surface area contributed by atoms with Gasteiger partial charge in [-0.25, -0.2) is 4.98 Å². The molecule has 2 fully saturated rings. The van der Waals surface area contributed by atoms with Crippen LogP contribution < -0.4 is 5.56 Å². The fraction of sp³-hybridized carbons (Fsp3) is 0.591. The maximum Gasteiger partial charge on any atom is 0.406 e. The summed E-state index contributed by atoms with van der Waals surface area (Å²) in [6.45, 7) is 1.34. The summed E-state index contributed by atoms with van der Waals surface area (Å²) in [6.07, 6.45) is -1.19. The van der Waals surface area contributed by atoms with Crippen molar-refractivity contribution in [1.29, 1.82) is 0 Å². The Morgan fingerprint density at radius 3 is 2.72 bits per heavy atom. The molecule has 0 spiro atoms. The number of halogens is 3. The third-order valence-corrected chi connectivity index (χ3v) is 6.99. The van der Waals surface area contributed by atoms with Gasteiger partial charge < -0.3 is 9.64 Å². The highest BCUT2D eigenvalue weighted by atomic mass is 32.2. The average molecular weight is 470 g/mol. The molecule has 6 nitrogen and oxygen atoms in total. The number of carbonyl (C=O) groups excluding carboxylic acids is 1. The number of aromatic nitrogens is 2. The molecule has 0 N–H and O–H groups in total. The predicted molar refractivity (Wildman–Crippen MR) is 116 cm³/mol. The van der Waals surface area contributed by atoms with E-state index in [2.05, 4.69) is 4.98 Å². The van der Waals surface area contributed by atoms with Gasteiger partial charge in [0.15, 0.2) is 5.16 Å². The lowest BCUT2D eigenvalue weighted by atomic mass is 10.2. The number of benzene rings is 1. The highest BCUT2D eigenvalue weighted by Crippen LogP contribution is 2.36.